The minimum Gasteiger partial charge on any atom is -0.383 e. The first kappa shape index (κ1) is 24.6. The average molecular weight is 489 g/mol. The number of hydrazine groups is 1. The van der Waals surface area contributed by atoms with Gasteiger partial charge in [0.2, 0.25) is 0 Å². The molecule has 0 spiro atoms. The Kier molecular flexibility index (Phi) is 6.48. The van der Waals surface area contributed by atoms with E-state index in [1.165, 1.54) is 10.6 Å². The third-order valence-corrected chi connectivity index (χ3v) is 6.89. The fourth-order valence-electron chi connectivity index (χ4n) is 4.81. The predicted molar refractivity (Wildman–Crippen MR) is 136 cm³/mol. The van der Waals surface area contributed by atoms with Gasteiger partial charge >= 0.3 is 0 Å². The number of nitrogens with one attached hydrogen (secondary N) is 1. The van der Waals surface area contributed by atoms with Crippen molar-refractivity contribution in [1.82, 2.24) is 10.4 Å². The third-order valence-electron chi connectivity index (χ3n) is 6.64. The summed E-state index contributed by atoms with van der Waals surface area (Å²) in [6.45, 7) is 8.26. The van der Waals surface area contributed by atoms with Crippen LogP contribution in [0.5, 0.6) is 0 Å². The Bertz CT molecular complexity index is 1280. The van der Waals surface area contributed by atoms with Crippen molar-refractivity contribution in [3.8, 4) is 6.07 Å². The molecule has 2 aromatic rings. The van der Waals surface area contributed by atoms with E-state index in [-0.39, 0.29) is 22.6 Å². The zero-order valence-electron chi connectivity index (χ0n) is 20.4. The zero-order valence-corrected chi connectivity index (χ0v) is 21.1. The largest absolute Gasteiger partial charge is 0.383 e. The second kappa shape index (κ2) is 9.24. The normalized spacial score (nSPS) is 19.5. The summed E-state index contributed by atoms with van der Waals surface area (Å²) in [5.74, 6) is -0.554. The van der Waals surface area contributed by atoms with Gasteiger partial charge in [0.1, 0.15) is 5.82 Å². The van der Waals surface area contributed by atoms with Gasteiger partial charge in [0.15, 0.2) is 5.78 Å². The molecule has 0 radical (unpaired) electrons. The van der Waals surface area contributed by atoms with Crippen LogP contribution >= 0.6 is 11.6 Å². The molecule has 0 fully saturated rings. The van der Waals surface area contributed by atoms with Gasteiger partial charge in [-0.25, -0.2) is 5.01 Å². The summed E-state index contributed by atoms with van der Waals surface area (Å²) < 4.78 is 0. The highest BCUT2D eigenvalue weighted by molar-refractivity contribution is 6.30. The number of benzene rings is 2. The van der Waals surface area contributed by atoms with Gasteiger partial charge in [0, 0.05) is 22.6 Å². The quantitative estimate of drug-likeness (QED) is 0.588. The smallest absolute Gasteiger partial charge is 0.270 e. The molecule has 35 heavy (non-hydrogen) atoms. The third kappa shape index (κ3) is 4.69. The van der Waals surface area contributed by atoms with Crippen molar-refractivity contribution in [2.45, 2.75) is 52.4 Å². The number of hydrogen-bond acceptors (Lipinski definition) is 5. The Labute approximate surface area is 211 Å². The second-order valence-corrected chi connectivity index (χ2v) is 10.7. The van der Waals surface area contributed by atoms with Gasteiger partial charge in [-0.2, -0.15) is 5.26 Å². The van der Waals surface area contributed by atoms with E-state index in [0.717, 1.165) is 5.56 Å². The summed E-state index contributed by atoms with van der Waals surface area (Å²) in [5.41, 5.74) is 12.8. The maximum Gasteiger partial charge on any atom is 0.270 e. The van der Waals surface area contributed by atoms with Gasteiger partial charge < -0.3 is 5.73 Å². The average Bonchev–Trinajstić information content (AvgIpc) is 2.80. The van der Waals surface area contributed by atoms with Crippen LogP contribution in [0.2, 0.25) is 5.02 Å². The molecule has 1 aliphatic heterocycles. The molecule has 0 saturated carbocycles. The van der Waals surface area contributed by atoms with E-state index in [4.69, 9.17) is 17.3 Å². The number of amides is 1. The molecule has 1 atom stereocenters. The lowest BCUT2D eigenvalue weighted by Gasteiger charge is -2.43. The number of nitrogens with two attached hydrogens (primary N) is 1. The lowest BCUT2D eigenvalue weighted by atomic mass is 9.69. The van der Waals surface area contributed by atoms with Crippen molar-refractivity contribution >= 4 is 23.3 Å². The van der Waals surface area contributed by atoms with E-state index >= 15 is 0 Å². The van der Waals surface area contributed by atoms with Crippen LogP contribution in [0.1, 0.15) is 73.9 Å². The first-order chi connectivity index (χ1) is 16.5. The molecule has 7 heteroatoms. The lowest BCUT2D eigenvalue weighted by Crippen LogP contribution is -2.49. The van der Waals surface area contributed by atoms with E-state index in [9.17, 15) is 14.9 Å². The number of hydrogen-bond donors (Lipinski definition) is 2. The summed E-state index contributed by atoms with van der Waals surface area (Å²) in [7, 11) is 0. The van der Waals surface area contributed by atoms with Gasteiger partial charge in [-0.1, -0.05) is 63.6 Å². The van der Waals surface area contributed by atoms with E-state index in [1.54, 1.807) is 24.3 Å². The number of nitrogens with zero attached hydrogens (tertiary/aromatic N) is 2. The highest BCUT2D eigenvalue weighted by atomic mass is 35.5. The Morgan fingerprint density at radius 2 is 1.77 bits per heavy atom. The van der Waals surface area contributed by atoms with Crippen LogP contribution in [0, 0.1) is 16.7 Å². The highest BCUT2D eigenvalue weighted by Gasteiger charge is 2.44. The van der Waals surface area contributed by atoms with Crippen LogP contribution in [0.15, 0.2) is 71.2 Å². The van der Waals surface area contributed by atoms with Gasteiger partial charge in [0.05, 0.1) is 23.3 Å². The van der Waals surface area contributed by atoms with Gasteiger partial charge in [0.25, 0.3) is 5.91 Å². The van der Waals surface area contributed by atoms with Crippen LogP contribution in [-0.4, -0.2) is 16.7 Å². The fourth-order valence-corrected chi connectivity index (χ4v) is 4.94. The van der Waals surface area contributed by atoms with Crippen molar-refractivity contribution in [3.05, 3.63) is 92.9 Å². The SMILES string of the molecule is CC(C)c1ccc(C2C(C#N)=C(N)N(NC(=O)c3ccc(Cl)cc3)C3=C2C(=O)CC(C)(C)C3)cc1. The lowest BCUT2D eigenvalue weighted by molar-refractivity contribution is -0.118. The Hall–Kier alpha value is -3.56. The first-order valence-electron chi connectivity index (χ1n) is 11.6. The molecule has 2 aromatic carbocycles. The number of rotatable bonds is 4. The number of halogens is 1. The summed E-state index contributed by atoms with van der Waals surface area (Å²) >= 11 is 5.96. The Morgan fingerprint density at radius 3 is 2.34 bits per heavy atom. The second-order valence-electron chi connectivity index (χ2n) is 10.2. The number of allylic oxidation sites excluding steroid dienone is 3. The highest BCUT2D eigenvalue weighted by Crippen LogP contribution is 2.48. The minimum absolute atomic E-state index is 0.0415. The molecule has 0 saturated heterocycles. The van der Waals surface area contributed by atoms with Crippen LogP contribution in [0.25, 0.3) is 0 Å². The van der Waals surface area contributed by atoms with Crippen LogP contribution < -0.4 is 11.2 Å². The maximum absolute atomic E-state index is 13.5. The molecule has 3 N–H and O–H groups in total. The molecule has 1 unspecified atom stereocenters. The van der Waals surface area contributed by atoms with Crippen molar-refractivity contribution < 1.29 is 9.59 Å². The zero-order chi connectivity index (χ0) is 25.5. The molecular weight excluding hydrogens is 460 g/mol. The Balaban J connectivity index is 1.83. The van der Waals surface area contributed by atoms with E-state index in [1.807, 2.05) is 38.1 Å². The number of Topliss-reactive ketones (excluding diaryl/α,β-unsaturated/α-hetero) is 1. The van der Waals surface area contributed by atoms with Crippen LogP contribution in [0.3, 0.4) is 0 Å². The molecule has 1 heterocycles. The van der Waals surface area contributed by atoms with Gasteiger partial charge in [-0.3, -0.25) is 15.0 Å². The molecule has 2 aliphatic rings. The summed E-state index contributed by atoms with van der Waals surface area (Å²) in [6.07, 6.45) is 0.874. The predicted octanol–water partition coefficient (Wildman–Crippen LogP) is 5.54. The van der Waals surface area contributed by atoms with Crippen LogP contribution in [0.4, 0.5) is 0 Å². The van der Waals surface area contributed by atoms with Crippen molar-refractivity contribution in [2.75, 3.05) is 0 Å². The van der Waals surface area contributed by atoms with Crippen molar-refractivity contribution in [1.29, 1.82) is 5.26 Å². The number of nitriles is 1. The number of carbonyl (C=O) groups is 2. The molecule has 180 valence electrons. The standard InChI is InChI=1S/C28H29ClN4O2/c1-16(2)17-5-7-18(8-6-17)24-21(15-30)26(31)33(22-13-28(3,4)14-23(34)25(22)24)32-27(35)19-9-11-20(29)12-10-19/h5-12,16,24H,13-14,31H2,1-4H3,(H,32,35). The fraction of sp³-hybridized carbons (Fsp3) is 0.321. The molecule has 1 amide bonds. The van der Waals surface area contributed by atoms with E-state index < -0.39 is 11.8 Å². The topological polar surface area (TPSA) is 99.2 Å². The molecule has 6 nitrogen and oxygen atoms in total. The van der Waals surface area contributed by atoms with E-state index in [0.29, 0.717) is 40.6 Å². The number of ketones is 1. The Morgan fingerprint density at radius 1 is 1.14 bits per heavy atom. The minimum atomic E-state index is -0.580. The summed E-state index contributed by atoms with van der Waals surface area (Å²) in [6, 6.07) is 16.7. The van der Waals surface area contributed by atoms with E-state index in [2.05, 4.69) is 25.3 Å². The number of carbonyl (C=O) groups excluding carboxylic acids is 2. The molecule has 0 aromatic heterocycles. The van der Waals surface area contributed by atoms with Crippen molar-refractivity contribution in [2.24, 2.45) is 11.1 Å². The molecule has 1 aliphatic carbocycles. The van der Waals surface area contributed by atoms with Crippen LogP contribution in [-0.2, 0) is 4.79 Å². The molecule has 4 rings (SSSR count). The first-order valence-corrected chi connectivity index (χ1v) is 12.0. The molecule has 0 bridgehead atoms. The monoisotopic (exact) mass is 488 g/mol. The summed E-state index contributed by atoms with van der Waals surface area (Å²) in [5, 5.41) is 12.1. The maximum atomic E-state index is 13.5. The van der Waals surface area contributed by atoms with Gasteiger partial charge in [-0.05, 0) is 53.1 Å². The summed E-state index contributed by atoms with van der Waals surface area (Å²) in [4.78, 5) is 26.6. The van der Waals surface area contributed by atoms with Crippen molar-refractivity contribution in [3.63, 3.8) is 0 Å². The van der Waals surface area contributed by atoms with Gasteiger partial charge in [-0.15, -0.1) is 0 Å². The molecular formula is C28H29ClN4O2.